The first kappa shape index (κ1) is 18.0. The Morgan fingerprint density at radius 3 is 2.79 bits per heavy atom. The van der Waals surface area contributed by atoms with Crippen LogP contribution in [0.2, 0.25) is 0 Å². The number of hydrogen-bond acceptors (Lipinski definition) is 5. The Morgan fingerprint density at radius 2 is 2.07 bits per heavy atom. The largest absolute Gasteiger partial charge is 0.383 e. The quantitative estimate of drug-likeness (QED) is 0.709. The molecule has 5 rings (SSSR count). The van der Waals surface area contributed by atoms with E-state index in [4.69, 9.17) is 4.99 Å². The molecule has 1 unspecified atom stereocenters. The number of fused-ring (bicyclic) bond motifs is 1. The first-order valence-electron chi connectivity index (χ1n) is 9.65. The third-order valence-corrected chi connectivity index (χ3v) is 6.02. The number of aromatic amines is 2. The number of aromatic nitrogens is 2. The molecule has 6 nitrogen and oxygen atoms in total. The van der Waals surface area contributed by atoms with E-state index in [2.05, 4.69) is 57.2 Å². The molecule has 3 N–H and O–H groups in total. The molecule has 1 fully saturated rings. The van der Waals surface area contributed by atoms with Gasteiger partial charge in [0.2, 0.25) is 0 Å². The molecule has 0 amide bonds. The molecule has 0 spiro atoms. The predicted molar refractivity (Wildman–Crippen MR) is 119 cm³/mol. The molecule has 1 saturated carbocycles. The zero-order valence-corrected chi connectivity index (χ0v) is 16.6. The first-order chi connectivity index (χ1) is 14.2. The molecule has 3 aliphatic rings. The third kappa shape index (κ3) is 3.91. The summed E-state index contributed by atoms with van der Waals surface area (Å²) in [6.45, 7) is 3.88. The molecule has 7 heteroatoms. The molecule has 0 bridgehead atoms. The van der Waals surface area contributed by atoms with E-state index in [1.165, 1.54) is 18.4 Å². The van der Waals surface area contributed by atoms with Crippen LogP contribution in [0.5, 0.6) is 0 Å². The normalized spacial score (nSPS) is 21.2. The van der Waals surface area contributed by atoms with Gasteiger partial charge in [-0.15, -0.1) is 11.8 Å². The van der Waals surface area contributed by atoms with E-state index >= 15 is 0 Å². The number of benzene rings is 1. The number of H-pyrrole nitrogens is 2. The molecule has 3 heterocycles. The number of imidazole rings is 1. The van der Waals surface area contributed by atoms with Crippen molar-refractivity contribution >= 4 is 35.7 Å². The maximum Gasteiger partial charge on any atom is 0.323 e. The van der Waals surface area contributed by atoms with Gasteiger partial charge in [-0.25, -0.2) is 9.79 Å². The van der Waals surface area contributed by atoms with Crippen molar-refractivity contribution in [3.05, 3.63) is 80.1 Å². The lowest BCUT2D eigenvalue weighted by molar-refractivity contribution is 0.717. The fraction of sp³-hybridized carbons (Fsp3) is 0.227. The lowest BCUT2D eigenvalue weighted by atomic mass is 10.1. The minimum Gasteiger partial charge on any atom is -0.383 e. The van der Waals surface area contributed by atoms with Crippen LogP contribution in [0, 0.1) is 0 Å². The van der Waals surface area contributed by atoms with E-state index in [0.717, 1.165) is 27.8 Å². The zero-order chi connectivity index (χ0) is 19.8. The van der Waals surface area contributed by atoms with Crippen LogP contribution >= 0.6 is 11.8 Å². The van der Waals surface area contributed by atoms with Gasteiger partial charge in [0.1, 0.15) is 6.04 Å². The standard InChI is InChI=1S/C22H21N5OS/c1-13-17(26-22(28)24-13)9-15-11-23-21-18(25-16-7-8-16)10-19(27-20(15)21)29-12-14-5-3-2-4-6-14/h2-6,9-11,16,21,25H,1,7-8,12H2,(H2,24,26,28)/b17-9-. The van der Waals surface area contributed by atoms with E-state index in [-0.39, 0.29) is 11.7 Å². The van der Waals surface area contributed by atoms with Crippen LogP contribution in [-0.4, -0.2) is 33.3 Å². The summed E-state index contributed by atoms with van der Waals surface area (Å²) in [7, 11) is 0. The molecule has 1 atom stereocenters. The van der Waals surface area contributed by atoms with Crippen molar-refractivity contribution in [1.29, 1.82) is 0 Å². The zero-order valence-electron chi connectivity index (χ0n) is 15.8. The number of aliphatic imine (C=N–C) groups is 2. The highest BCUT2D eigenvalue weighted by Gasteiger charge is 2.32. The van der Waals surface area contributed by atoms with Crippen molar-refractivity contribution in [2.75, 3.05) is 0 Å². The summed E-state index contributed by atoms with van der Waals surface area (Å²) in [5, 5.41) is 5.81. The average molecular weight is 404 g/mol. The number of dihydropyridines is 1. The van der Waals surface area contributed by atoms with Crippen molar-refractivity contribution in [3.8, 4) is 0 Å². The summed E-state index contributed by atoms with van der Waals surface area (Å²) >= 11 is 1.72. The number of hydrogen-bond donors (Lipinski definition) is 3. The van der Waals surface area contributed by atoms with Gasteiger partial charge in [-0.05, 0) is 30.6 Å². The van der Waals surface area contributed by atoms with Crippen LogP contribution < -0.4 is 21.7 Å². The lowest BCUT2D eigenvalue weighted by Crippen LogP contribution is -2.28. The summed E-state index contributed by atoms with van der Waals surface area (Å²) in [6, 6.07) is 10.8. The molecule has 2 aliphatic heterocycles. The minimum absolute atomic E-state index is 0.109. The minimum atomic E-state index is -0.263. The summed E-state index contributed by atoms with van der Waals surface area (Å²) in [4.78, 5) is 26.6. The van der Waals surface area contributed by atoms with Crippen LogP contribution in [0.3, 0.4) is 0 Å². The highest BCUT2D eigenvalue weighted by molar-refractivity contribution is 8.13. The van der Waals surface area contributed by atoms with Crippen LogP contribution in [0.25, 0.3) is 12.7 Å². The van der Waals surface area contributed by atoms with Crippen molar-refractivity contribution in [3.63, 3.8) is 0 Å². The van der Waals surface area contributed by atoms with Crippen molar-refractivity contribution < 1.29 is 0 Å². The van der Waals surface area contributed by atoms with E-state index < -0.39 is 0 Å². The van der Waals surface area contributed by atoms with Gasteiger partial charge < -0.3 is 15.3 Å². The third-order valence-electron chi connectivity index (χ3n) is 5.04. The van der Waals surface area contributed by atoms with Crippen LogP contribution in [0.1, 0.15) is 18.4 Å². The number of allylic oxidation sites excluding steroid dienone is 1. The van der Waals surface area contributed by atoms with E-state index in [9.17, 15) is 4.79 Å². The lowest BCUT2D eigenvalue weighted by Gasteiger charge is -2.21. The smallest absolute Gasteiger partial charge is 0.323 e. The van der Waals surface area contributed by atoms with Gasteiger partial charge in [-0.1, -0.05) is 36.9 Å². The fourth-order valence-electron chi connectivity index (χ4n) is 3.38. The molecule has 2 aromatic rings. The van der Waals surface area contributed by atoms with Gasteiger partial charge >= 0.3 is 5.69 Å². The number of rotatable bonds is 5. The molecule has 1 aliphatic carbocycles. The Morgan fingerprint density at radius 1 is 1.24 bits per heavy atom. The summed E-state index contributed by atoms with van der Waals surface area (Å²) < 4.78 is 0. The number of nitrogens with one attached hydrogen (secondary N) is 3. The van der Waals surface area contributed by atoms with Crippen molar-refractivity contribution in [1.82, 2.24) is 15.3 Å². The Bertz CT molecular complexity index is 1230. The summed E-state index contributed by atoms with van der Waals surface area (Å²) in [5.41, 5.74) is 3.91. The van der Waals surface area contributed by atoms with Gasteiger partial charge in [-0.2, -0.15) is 0 Å². The Labute approximate surface area is 172 Å². The Hall–Kier alpha value is -3.06. The Kier molecular flexibility index (Phi) is 4.60. The highest BCUT2D eigenvalue weighted by Crippen LogP contribution is 2.33. The maximum atomic E-state index is 11.5. The highest BCUT2D eigenvalue weighted by atomic mass is 32.2. The molecular formula is C22H21N5OS. The second-order valence-electron chi connectivity index (χ2n) is 7.38. The Balaban J connectivity index is 1.49. The molecular weight excluding hydrogens is 382 g/mol. The van der Waals surface area contributed by atoms with Crippen molar-refractivity contribution in [2.45, 2.75) is 30.7 Å². The molecule has 1 aromatic carbocycles. The second-order valence-corrected chi connectivity index (χ2v) is 8.38. The molecule has 0 saturated heterocycles. The second kappa shape index (κ2) is 7.40. The topological polar surface area (TPSA) is 85.4 Å². The number of thioether (sulfide) groups is 1. The van der Waals surface area contributed by atoms with E-state index in [1.807, 2.05) is 18.4 Å². The summed E-state index contributed by atoms with van der Waals surface area (Å²) in [5.74, 6) is 0.860. The first-order valence-corrected chi connectivity index (χ1v) is 10.6. The predicted octanol–water partition coefficient (Wildman–Crippen LogP) is 1.58. The maximum absolute atomic E-state index is 11.5. The summed E-state index contributed by atoms with van der Waals surface area (Å²) in [6.07, 6.45) is 8.25. The monoisotopic (exact) mass is 403 g/mol. The van der Waals surface area contributed by atoms with Gasteiger partial charge in [0.15, 0.2) is 0 Å². The van der Waals surface area contributed by atoms with E-state index in [0.29, 0.717) is 16.7 Å². The number of nitrogens with zero attached hydrogens (tertiary/aromatic N) is 2. The van der Waals surface area contributed by atoms with Gasteiger partial charge in [0.05, 0.1) is 21.4 Å². The molecule has 29 heavy (non-hydrogen) atoms. The van der Waals surface area contributed by atoms with Gasteiger partial charge in [-0.3, -0.25) is 4.99 Å². The van der Waals surface area contributed by atoms with Crippen LogP contribution in [-0.2, 0) is 5.75 Å². The SMILES string of the molecule is C=c1[nH]c(=O)[nH]/c1=C\C1=C2N=C(SCc3ccccc3)C=C(NC3CC3)C2N=C1. The fourth-order valence-corrected chi connectivity index (χ4v) is 4.26. The van der Waals surface area contributed by atoms with Gasteiger partial charge in [0.25, 0.3) is 0 Å². The van der Waals surface area contributed by atoms with Crippen molar-refractivity contribution in [2.24, 2.45) is 9.98 Å². The van der Waals surface area contributed by atoms with Crippen LogP contribution in [0.15, 0.2) is 68.2 Å². The van der Waals surface area contributed by atoms with Crippen LogP contribution in [0.4, 0.5) is 0 Å². The van der Waals surface area contributed by atoms with Gasteiger partial charge in [0, 0.05) is 29.3 Å². The molecule has 0 radical (unpaired) electrons. The molecule has 1 aromatic heterocycles. The average Bonchev–Trinajstić information content (AvgIpc) is 3.36. The molecule has 146 valence electrons. The van der Waals surface area contributed by atoms with E-state index in [1.54, 1.807) is 11.8 Å².